The summed E-state index contributed by atoms with van der Waals surface area (Å²) in [7, 11) is 0. The van der Waals surface area contributed by atoms with Gasteiger partial charge in [-0.3, -0.25) is 5.84 Å². The Hall–Kier alpha value is -0.430. The fourth-order valence-electron chi connectivity index (χ4n) is 0.680. The van der Waals surface area contributed by atoms with Crippen LogP contribution in [0.25, 0.3) is 0 Å². The summed E-state index contributed by atoms with van der Waals surface area (Å²) in [5.74, 6) is 3.70. The SMILES string of the molecule is NNc1c(F)cc(F)cc1I. The number of nitrogens with one attached hydrogen (secondary N) is 1. The smallest absolute Gasteiger partial charge is 0.151 e. The van der Waals surface area contributed by atoms with Gasteiger partial charge < -0.3 is 5.43 Å². The Bertz CT molecular complexity index is 254. The van der Waals surface area contributed by atoms with Crippen LogP contribution >= 0.6 is 22.6 Å². The van der Waals surface area contributed by atoms with Gasteiger partial charge in [-0.05, 0) is 28.7 Å². The van der Waals surface area contributed by atoms with Crippen LogP contribution in [0.5, 0.6) is 0 Å². The standard InChI is InChI=1S/C6H5F2IN2/c7-3-1-4(8)6(11-10)5(9)2-3/h1-2,11H,10H2. The van der Waals surface area contributed by atoms with Crippen molar-refractivity contribution in [3.05, 3.63) is 27.3 Å². The molecule has 0 unspecified atom stereocenters. The maximum Gasteiger partial charge on any atom is 0.151 e. The second kappa shape index (κ2) is 3.31. The van der Waals surface area contributed by atoms with Crippen molar-refractivity contribution in [1.29, 1.82) is 0 Å². The number of hydrazine groups is 1. The number of benzene rings is 1. The van der Waals surface area contributed by atoms with Gasteiger partial charge in [-0.15, -0.1) is 0 Å². The van der Waals surface area contributed by atoms with E-state index in [2.05, 4.69) is 5.43 Å². The van der Waals surface area contributed by atoms with E-state index in [-0.39, 0.29) is 5.69 Å². The lowest BCUT2D eigenvalue weighted by molar-refractivity contribution is 0.584. The number of hydrogen-bond donors (Lipinski definition) is 2. The van der Waals surface area contributed by atoms with Crippen LogP contribution in [0.1, 0.15) is 0 Å². The van der Waals surface area contributed by atoms with Gasteiger partial charge in [0.05, 0.1) is 5.69 Å². The zero-order chi connectivity index (χ0) is 8.43. The molecule has 0 fully saturated rings. The highest BCUT2D eigenvalue weighted by atomic mass is 127. The van der Waals surface area contributed by atoms with Gasteiger partial charge >= 0.3 is 0 Å². The van der Waals surface area contributed by atoms with E-state index >= 15 is 0 Å². The lowest BCUT2D eigenvalue weighted by atomic mass is 10.3. The molecule has 60 valence electrons. The van der Waals surface area contributed by atoms with E-state index < -0.39 is 11.6 Å². The molecular weight excluding hydrogens is 265 g/mol. The molecule has 0 bridgehead atoms. The first-order valence-electron chi connectivity index (χ1n) is 2.76. The average molecular weight is 270 g/mol. The molecule has 0 aliphatic rings. The summed E-state index contributed by atoms with van der Waals surface area (Å²) in [6.07, 6.45) is 0. The molecule has 0 saturated carbocycles. The Labute approximate surface area is 75.9 Å². The average Bonchev–Trinajstić information content (AvgIpc) is 1.85. The maximum atomic E-state index is 12.7. The predicted molar refractivity (Wildman–Crippen MR) is 46.9 cm³/mol. The molecule has 0 spiro atoms. The highest BCUT2D eigenvalue weighted by molar-refractivity contribution is 14.1. The van der Waals surface area contributed by atoms with Gasteiger partial charge in [0.1, 0.15) is 5.82 Å². The van der Waals surface area contributed by atoms with Crippen molar-refractivity contribution < 1.29 is 8.78 Å². The highest BCUT2D eigenvalue weighted by Gasteiger charge is 2.06. The van der Waals surface area contributed by atoms with E-state index in [0.29, 0.717) is 3.57 Å². The van der Waals surface area contributed by atoms with Crippen LogP contribution in [-0.4, -0.2) is 0 Å². The minimum atomic E-state index is -0.683. The molecule has 3 N–H and O–H groups in total. The third-order valence-electron chi connectivity index (χ3n) is 1.15. The molecule has 0 aliphatic heterocycles. The molecule has 11 heavy (non-hydrogen) atoms. The molecule has 0 saturated heterocycles. The molecule has 1 rings (SSSR count). The van der Waals surface area contributed by atoms with Crippen molar-refractivity contribution in [2.45, 2.75) is 0 Å². The van der Waals surface area contributed by atoms with Crippen LogP contribution in [0.2, 0.25) is 0 Å². The van der Waals surface area contributed by atoms with Crippen molar-refractivity contribution in [2.75, 3.05) is 5.43 Å². The van der Waals surface area contributed by atoms with E-state index in [4.69, 9.17) is 5.84 Å². The largest absolute Gasteiger partial charge is 0.321 e. The molecular formula is C6H5F2IN2. The normalized spacial score (nSPS) is 9.82. The Morgan fingerprint density at radius 3 is 2.45 bits per heavy atom. The fourth-order valence-corrected chi connectivity index (χ4v) is 1.39. The number of rotatable bonds is 1. The summed E-state index contributed by atoms with van der Waals surface area (Å²) in [6, 6.07) is 1.97. The number of nitrogen functional groups attached to an aromatic ring is 1. The lowest BCUT2D eigenvalue weighted by Crippen LogP contribution is -2.10. The third kappa shape index (κ3) is 1.78. The van der Waals surface area contributed by atoms with Gasteiger partial charge in [-0.25, -0.2) is 8.78 Å². The first-order valence-corrected chi connectivity index (χ1v) is 3.84. The van der Waals surface area contributed by atoms with Crippen LogP contribution < -0.4 is 11.3 Å². The molecule has 0 radical (unpaired) electrons. The first-order chi connectivity index (χ1) is 5.15. The Morgan fingerprint density at radius 1 is 1.36 bits per heavy atom. The molecule has 0 aliphatic carbocycles. The zero-order valence-corrected chi connectivity index (χ0v) is 7.52. The molecule has 0 aromatic heterocycles. The first kappa shape index (κ1) is 8.66. The highest BCUT2D eigenvalue weighted by Crippen LogP contribution is 2.21. The summed E-state index contributed by atoms with van der Waals surface area (Å²) >= 11 is 1.79. The van der Waals surface area contributed by atoms with E-state index in [0.717, 1.165) is 6.07 Å². The zero-order valence-electron chi connectivity index (χ0n) is 5.37. The van der Waals surface area contributed by atoms with Crippen molar-refractivity contribution >= 4 is 28.3 Å². The lowest BCUT2D eigenvalue weighted by Gasteiger charge is -2.03. The quantitative estimate of drug-likeness (QED) is 0.464. The number of halogens is 3. The number of anilines is 1. The van der Waals surface area contributed by atoms with Gasteiger partial charge in [-0.1, -0.05) is 0 Å². The van der Waals surface area contributed by atoms with Gasteiger partial charge in [-0.2, -0.15) is 0 Å². The van der Waals surface area contributed by atoms with E-state index in [1.165, 1.54) is 6.07 Å². The number of nitrogens with two attached hydrogens (primary N) is 1. The van der Waals surface area contributed by atoms with E-state index in [9.17, 15) is 8.78 Å². The van der Waals surface area contributed by atoms with Crippen LogP contribution in [0.3, 0.4) is 0 Å². The molecule has 0 amide bonds. The molecule has 2 nitrogen and oxygen atoms in total. The second-order valence-corrected chi connectivity index (χ2v) is 3.05. The van der Waals surface area contributed by atoms with Crippen molar-refractivity contribution in [2.24, 2.45) is 5.84 Å². The monoisotopic (exact) mass is 270 g/mol. The van der Waals surface area contributed by atoms with Crippen LogP contribution in [0, 0.1) is 15.2 Å². The predicted octanol–water partition coefficient (Wildman–Crippen LogP) is 1.86. The van der Waals surface area contributed by atoms with Crippen molar-refractivity contribution in [3.8, 4) is 0 Å². The molecule has 1 aromatic rings. The van der Waals surface area contributed by atoms with E-state index in [1.54, 1.807) is 22.6 Å². The van der Waals surface area contributed by atoms with Crippen LogP contribution in [0.4, 0.5) is 14.5 Å². The Morgan fingerprint density at radius 2 is 2.00 bits per heavy atom. The number of hydrogen-bond acceptors (Lipinski definition) is 2. The molecule has 0 heterocycles. The summed E-state index contributed by atoms with van der Waals surface area (Å²) in [5.41, 5.74) is 2.26. The van der Waals surface area contributed by atoms with Gasteiger partial charge in [0.2, 0.25) is 0 Å². The molecule has 0 atom stereocenters. The molecule has 1 aromatic carbocycles. The van der Waals surface area contributed by atoms with E-state index in [1.807, 2.05) is 0 Å². The molecule has 5 heteroatoms. The summed E-state index contributed by atoms with van der Waals surface area (Å²) in [4.78, 5) is 0. The van der Waals surface area contributed by atoms with Gasteiger partial charge in [0, 0.05) is 9.64 Å². The Balaban J connectivity index is 3.25. The summed E-state index contributed by atoms with van der Waals surface area (Å²) in [6.45, 7) is 0. The fraction of sp³-hybridized carbons (Fsp3) is 0. The van der Waals surface area contributed by atoms with Gasteiger partial charge in [0.25, 0.3) is 0 Å². The second-order valence-electron chi connectivity index (χ2n) is 1.89. The van der Waals surface area contributed by atoms with Crippen molar-refractivity contribution in [3.63, 3.8) is 0 Å². The topological polar surface area (TPSA) is 38.0 Å². The Kier molecular flexibility index (Phi) is 2.61. The van der Waals surface area contributed by atoms with Crippen LogP contribution in [0.15, 0.2) is 12.1 Å². The minimum absolute atomic E-state index is 0.118. The summed E-state index contributed by atoms with van der Waals surface area (Å²) < 4.78 is 25.6. The minimum Gasteiger partial charge on any atom is -0.321 e. The third-order valence-corrected chi connectivity index (χ3v) is 2.00. The van der Waals surface area contributed by atoms with Crippen LogP contribution in [-0.2, 0) is 0 Å². The van der Waals surface area contributed by atoms with Crippen molar-refractivity contribution in [1.82, 2.24) is 0 Å². The maximum absolute atomic E-state index is 12.7. The van der Waals surface area contributed by atoms with Gasteiger partial charge in [0.15, 0.2) is 5.82 Å². The summed E-state index contributed by atoms with van der Waals surface area (Å²) in [5, 5.41) is 0.